The van der Waals surface area contributed by atoms with Crippen LogP contribution in [0.3, 0.4) is 0 Å². The number of nitrogens with zero attached hydrogens (tertiary/aromatic N) is 2. The summed E-state index contributed by atoms with van der Waals surface area (Å²) in [4.78, 5) is 0.285. The zero-order chi connectivity index (χ0) is 22.7. The van der Waals surface area contributed by atoms with Crippen LogP contribution in [-0.2, 0) is 15.6 Å². The Labute approximate surface area is 189 Å². The Morgan fingerprint density at radius 2 is 1.91 bits per heavy atom. The highest BCUT2D eigenvalue weighted by molar-refractivity contribution is 7.89. The van der Waals surface area contributed by atoms with Gasteiger partial charge in [0.2, 0.25) is 16.0 Å². The van der Waals surface area contributed by atoms with Crippen molar-refractivity contribution < 1.29 is 12.8 Å². The summed E-state index contributed by atoms with van der Waals surface area (Å²) in [5, 5.41) is 13.3. The molecule has 1 aromatic heterocycles. The number of sulfonamides is 1. The van der Waals surface area contributed by atoms with Crippen molar-refractivity contribution in [1.29, 1.82) is 5.41 Å². The molecule has 0 unspecified atom stereocenters. The number of guanidine groups is 1. The fourth-order valence-electron chi connectivity index (χ4n) is 4.13. The largest absolute Gasteiger partial charge is 0.344 e. The number of hydrazine groups is 1. The Morgan fingerprint density at radius 3 is 2.62 bits per heavy atom. The molecule has 1 atom stereocenters. The first-order chi connectivity index (χ1) is 15.2. The second-order valence-corrected chi connectivity index (χ2v) is 11.2. The number of para-hydroxylation sites is 1. The number of hydrogen-bond acceptors (Lipinski definition) is 6. The minimum Gasteiger partial charge on any atom is -0.344 e. The number of thiophene rings is 1. The molecule has 3 N–H and O–H groups in total. The van der Waals surface area contributed by atoms with E-state index in [1.54, 1.807) is 13.0 Å². The molecule has 1 saturated heterocycles. The summed E-state index contributed by atoms with van der Waals surface area (Å²) in [6.45, 7) is 2.22. The van der Waals surface area contributed by atoms with E-state index in [-0.39, 0.29) is 16.6 Å². The van der Waals surface area contributed by atoms with Crippen LogP contribution >= 0.6 is 11.3 Å². The van der Waals surface area contributed by atoms with E-state index in [1.165, 1.54) is 18.4 Å². The van der Waals surface area contributed by atoms with E-state index < -0.39 is 21.4 Å². The van der Waals surface area contributed by atoms with Crippen molar-refractivity contribution in [2.75, 3.05) is 24.4 Å². The van der Waals surface area contributed by atoms with Gasteiger partial charge in [0.05, 0.1) is 21.9 Å². The zero-order valence-electron chi connectivity index (χ0n) is 17.5. The van der Waals surface area contributed by atoms with E-state index in [9.17, 15) is 8.42 Å². The molecule has 166 valence electrons. The van der Waals surface area contributed by atoms with E-state index in [0.29, 0.717) is 11.9 Å². The van der Waals surface area contributed by atoms with Crippen molar-refractivity contribution in [3.63, 3.8) is 0 Å². The van der Waals surface area contributed by atoms with Crippen molar-refractivity contribution in [2.45, 2.75) is 12.5 Å². The van der Waals surface area contributed by atoms with E-state index in [0.717, 1.165) is 25.8 Å². The molecule has 5 rings (SSSR count). The molecule has 0 radical (unpaired) electrons. The van der Waals surface area contributed by atoms with Crippen LogP contribution in [0.1, 0.15) is 17.4 Å². The quantitative estimate of drug-likeness (QED) is 0.545. The van der Waals surface area contributed by atoms with Gasteiger partial charge >= 0.3 is 0 Å². The molecule has 10 heteroatoms. The summed E-state index contributed by atoms with van der Waals surface area (Å²) in [5.74, 6) is -1.04. The van der Waals surface area contributed by atoms with Crippen molar-refractivity contribution in [3.05, 3.63) is 71.0 Å². The minimum atomic E-state index is -3.73. The van der Waals surface area contributed by atoms with Gasteiger partial charge in [0.25, 0.3) is 0 Å². The second-order valence-electron chi connectivity index (χ2n) is 8.15. The van der Waals surface area contributed by atoms with Crippen LogP contribution < -0.4 is 15.8 Å². The summed E-state index contributed by atoms with van der Waals surface area (Å²) >= 11 is 1.24. The average molecular weight is 472 g/mol. The summed E-state index contributed by atoms with van der Waals surface area (Å²) in [6, 6.07) is 15.4. The first kappa shape index (κ1) is 20.9. The van der Waals surface area contributed by atoms with Gasteiger partial charge in [-0.3, -0.25) is 10.4 Å². The Morgan fingerprint density at radius 1 is 1.16 bits per heavy atom. The van der Waals surface area contributed by atoms with Crippen molar-refractivity contribution >= 4 is 48.7 Å². The van der Waals surface area contributed by atoms with E-state index in [4.69, 9.17) is 5.41 Å². The standard InChI is InChI=1S/C22H22FN5O2S2/c1-22(13-32(29,30)27(2)21(24)26-22)20-18(23)17-10-6-9-16(19(17)31-20)14-11-25-28(12-14)15-7-4-3-5-8-15/h3-10,12,25H,11,13H2,1-2H3,(H2,24,26)/t22-/m0/s1. The van der Waals surface area contributed by atoms with Crippen LogP contribution in [0.25, 0.3) is 15.7 Å². The fourth-order valence-corrected chi connectivity index (χ4v) is 7.02. The van der Waals surface area contributed by atoms with Crippen LogP contribution in [0.5, 0.6) is 0 Å². The number of rotatable bonds is 3. The monoisotopic (exact) mass is 471 g/mol. The lowest BCUT2D eigenvalue weighted by Crippen LogP contribution is -2.60. The molecule has 2 aliphatic heterocycles. The highest BCUT2D eigenvalue weighted by atomic mass is 32.2. The third kappa shape index (κ3) is 3.26. The molecule has 2 aromatic carbocycles. The Kier molecular flexibility index (Phi) is 4.77. The van der Waals surface area contributed by atoms with Crippen molar-refractivity contribution in [3.8, 4) is 0 Å². The minimum absolute atomic E-state index is 0.267. The van der Waals surface area contributed by atoms with Crippen LogP contribution in [-0.4, -0.2) is 38.0 Å². The van der Waals surface area contributed by atoms with E-state index in [2.05, 4.69) is 10.7 Å². The molecule has 0 bridgehead atoms. The first-order valence-electron chi connectivity index (χ1n) is 10.0. The smallest absolute Gasteiger partial charge is 0.239 e. The molecule has 2 aliphatic rings. The molecule has 7 nitrogen and oxygen atoms in total. The van der Waals surface area contributed by atoms with Gasteiger partial charge in [-0.1, -0.05) is 36.4 Å². The molecular weight excluding hydrogens is 449 g/mol. The van der Waals surface area contributed by atoms with Gasteiger partial charge in [-0.25, -0.2) is 22.5 Å². The fraction of sp³-hybridized carbons (Fsp3) is 0.227. The van der Waals surface area contributed by atoms with Crippen LogP contribution in [0.2, 0.25) is 0 Å². The Hall–Kier alpha value is -2.95. The maximum Gasteiger partial charge on any atom is 0.239 e. The van der Waals surface area contributed by atoms with Gasteiger partial charge in [-0.2, -0.15) is 0 Å². The maximum atomic E-state index is 15.6. The number of anilines is 1. The molecule has 1 fully saturated rings. The maximum absolute atomic E-state index is 15.6. The highest BCUT2D eigenvalue weighted by Crippen LogP contribution is 2.42. The third-order valence-electron chi connectivity index (χ3n) is 5.86. The molecule has 32 heavy (non-hydrogen) atoms. The lowest BCUT2D eigenvalue weighted by molar-refractivity contribution is 0.412. The molecule has 3 aromatic rings. The predicted molar refractivity (Wildman–Crippen MR) is 126 cm³/mol. The van der Waals surface area contributed by atoms with Gasteiger partial charge in [0.1, 0.15) is 5.82 Å². The van der Waals surface area contributed by atoms with Gasteiger partial charge in [-0.05, 0) is 30.2 Å². The predicted octanol–water partition coefficient (Wildman–Crippen LogP) is 3.42. The Balaban J connectivity index is 1.59. The number of nitrogens with one attached hydrogen (secondary N) is 3. The number of fused-ring (bicyclic) bond motifs is 1. The van der Waals surface area contributed by atoms with Crippen LogP contribution in [0.15, 0.2) is 54.7 Å². The number of hydrogen-bond donors (Lipinski definition) is 3. The van der Waals surface area contributed by atoms with Gasteiger partial charge in [0, 0.05) is 29.9 Å². The van der Waals surface area contributed by atoms with E-state index >= 15 is 4.39 Å². The summed E-state index contributed by atoms with van der Waals surface area (Å²) in [6.07, 6.45) is 2.00. The van der Waals surface area contributed by atoms with Crippen LogP contribution in [0.4, 0.5) is 10.1 Å². The Bertz CT molecular complexity index is 1370. The number of benzene rings is 2. The highest BCUT2D eigenvalue weighted by Gasteiger charge is 2.44. The van der Waals surface area contributed by atoms with Gasteiger partial charge in [-0.15, -0.1) is 11.3 Å². The normalized spacial score (nSPS) is 22.8. The number of halogens is 1. The first-order valence-corrected chi connectivity index (χ1v) is 12.5. The molecule has 0 saturated carbocycles. The molecular formula is C22H22FN5O2S2. The van der Waals surface area contributed by atoms with Crippen molar-refractivity contribution in [2.24, 2.45) is 0 Å². The van der Waals surface area contributed by atoms with Crippen LogP contribution in [0, 0.1) is 11.2 Å². The average Bonchev–Trinajstić information content (AvgIpc) is 3.38. The second kappa shape index (κ2) is 7.29. The topological polar surface area (TPSA) is 88.5 Å². The SMILES string of the molecule is CN1C(=N)N[C@](C)(c2sc3c(C4=CN(c5ccccc5)NC4)cccc3c2F)CS1(=O)=O. The summed E-state index contributed by atoms with van der Waals surface area (Å²) < 4.78 is 42.4. The molecule has 3 heterocycles. The lowest BCUT2D eigenvalue weighted by Gasteiger charge is -2.39. The third-order valence-corrected chi connectivity index (χ3v) is 9.30. The summed E-state index contributed by atoms with van der Waals surface area (Å²) in [7, 11) is -2.40. The molecule has 0 aliphatic carbocycles. The van der Waals surface area contributed by atoms with Gasteiger partial charge in [0.15, 0.2) is 0 Å². The van der Waals surface area contributed by atoms with Gasteiger partial charge < -0.3 is 5.32 Å². The summed E-state index contributed by atoms with van der Waals surface area (Å²) in [5.41, 5.74) is 5.00. The zero-order valence-corrected chi connectivity index (χ0v) is 19.1. The van der Waals surface area contributed by atoms with Crippen molar-refractivity contribution in [1.82, 2.24) is 15.0 Å². The molecule has 0 amide bonds. The molecule has 0 spiro atoms. The lowest BCUT2D eigenvalue weighted by atomic mass is 10.0. The van der Waals surface area contributed by atoms with E-state index in [1.807, 2.05) is 53.7 Å².